The fourth-order valence-corrected chi connectivity index (χ4v) is 2.54. The van der Waals surface area contributed by atoms with Gasteiger partial charge in [0.2, 0.25) is 0 Å². The third-order valence-corrected chi connectivity index (χ3v) is 4.07. The van der Waals surface area contributed by atoms with E-state index in [1.165, 1.54) is 0 Å². The molecule has 1 amide bonds. The molecule has 5 nitrogen and oxygen atoms in total. The van der Waals surface area contributed by atoms with Crippen molar-refractivity contribution in [3.8, 4) is 0 Å². The first-order valence-electron chi connectivity index (χ1n) is 6.86. The maximum absolute atomic E-state index is 12.4. The van der Waals surface area contributed by atoms with Gasteiger partial charge in [-0.3, -0.25) is 9.89 Å². The third kappa shape index (κ3) is 3.44. The molecule has 0 fully saturated rings. The van der Waals surface area contributed by atoms with E-state index in [4.69, 9.17) is 5.73 Å². The first-order valence-corrected chi connectivity index (χ1v) is 7.65. The van der Waals surface area contributed by atoms with Crippen molar-refractivity contribution >= 4 is 27.5 Å². The summed E-state index contributed by atoms with van der Waals surface area (Å²) < 4.78 is 0.978. The highest BCUT2D eigenvalue weighted by molar-refractivity contribution is 9.10. The molecule has 0 atom stereocenters. The molecule has 0 aliphatic rings. The van der Waals surface area contributed by atoms with Gasteiger partial charge in [0.15, 0.2) is 5.69 Å². The number of anilines is 1. The lowest BCUT2D eigenvalue weighted by Crippen LogP contribution is -2.27. The van der Waals surface area contributed by atoms with Crippen LogP contribution in [0, 0.1) is 0 Å². The lowest BCUT2D eigenvalue weighted by molar-refractivity contribution is 0.0780. The number of nitrogen functional groups attached to an aromatic ring is 1. The summed E-state index contributed by atoms with van der Waals surface area (Å²) >= 11 is 3.48. The standard InChI is InChI=1S/C15H19BrN4O/c1-3-6-12-13(17)14(19-18-12)15(21)20(2)9-10-7-4-5-8-11(10)16/h4-5,7-8H,3,6,9,17H2,1-2H3,(H,18,19). The Bertz CT molecular complexity index is 638. The normalized spacial score (nSPS) is 10.6. The molecule has 112 valence electrons. The minimum Gasteiger partial charge on any atom is -0.395 e. The summed E-state index contributed by atoms with van der Waals surface area (Å²) in [4.78, 5) is 14.1. The van der Waals surface area contributed by atoms with Crippen LogP contribution in [0.4, 0.5) is 5.69 Å². The first-order chi connectivity index (χ1) is 10.0. The van der Waals surface area contributed by atoms with Crippen molar-refractivity contribution in [2.24, 2.45) is 0 Å². The predicted octanol–water partition coefficient (Wildman–Crippen LogP) is 2.98. The van der Waals surface area contributed by atoms with Crippen molar-refractivity contribution in [3.05, 3.63) is 45.7 Å². The van der Waals surface area contributed by atoms with E-state index in [2.05, 4.69) is 33.1 Å². The summed E-state index contributed by atoms with van der Waals surface area (Å²) in [5.74, 6) is -0.179. The maximum atomic E-state index is 12.4. The molecule has 21 heavy (non-hydrogen) atoms. The molecule has 0 aliphatic heterocycles. The molecule has 0 saturated carbocycles. The largest absolute Gasteiger partial charge is 0.395 e. The van der Waals surface area contributed by atoms with Gasteiger partial charge < -0.3 is 10.6 Å². The molecule has 0 unspecified atom stereocenters. The molecule has 2 rings (SSSR count). The second kappa shape index (κ2) is 6.76. The minimum atomic E-state index is -0.179. The van der Waals surface area contributed by atoms with Gasteiger partial charge in [0.1, 0.15) is 0 Å². The van der Waals surface area contributed by atoms with E-state index < -0.39 is 0 Å². The average Bonchev–Trinajstić information content (AvgIpc) is 2.82. The maximum Gasteiger partial charge on any atom is 0.276 e. The van der Waals surface area contributed by atoms with E-state index in [0.717, 1.165) is 28.6 Å². The van der Waals surface area contributed by atoms with Crippen LogP contribution in [0.1, 0.15) is 35.1 Å². The number of nitrogens with one attached hydrogen (secondary N) is 1. The Hall–Kier alpha value is -1.82. The van der Waals surface area contributed by atoms with Crippen molar-refractivity contribution in [1.29, 1.82) is 0 Å². The van der Waals surface area contributed by atoms with Crippen molar-refractivity contribution < 1.29 is 4.79 Å². The number of nitrogens with zero attached hydrogens (tertiary/aromatic N) is 2. The summed E-state index contributed by atoms with van der Waals surface area (Å²) in [6.45, 7) is 2.55. The van der Waals surface area contributed by atoms with E-state index in [1.807, 2.05) is 24.3 Å². The van der Waals surface area contributed by atoms with Gasteiger partial charge in [0, 0.05) is 18.1 Å². The number of amides is 1. The van der Waals surface area contributed by atoms with Crippen molar-refractivity contribution in [2.45, 2.75) is 26.3 Å². The number of benzene rings is 1. The van der Waals surface area contributed by atoms with Gasteiger partial charge in [0.25, 0.3) is 5.91 Å². The Morgan fingerprint density at radius 3 is 2.81 bits per heavy atom. The highest BCUT2D eigenvalue weighted by Gasteiger charge is 2.20. The highest BCUT2D eigenvalue weighted by Crippen LogP contribution is 2.20. The van der Waals surface area contributed by atoms with E-state index in [0.29, 0.717) is 17.9 Å². The predicted molar refractivity (Wildman–Crippen MR) is 86.9 cm³/mol. The van der Waals surface area contributed by atoms with Crippen LogP contribution >= 0.6 is 15.9 Å². The second-order valence-corrected chi connectivity index (χ2v) is 5.82. The van der Waals surface area contributed by atoms with E-state index in [9.17, 15) is 4.79 Å². The number of hydrogen-bond donors (Lipinski definition) is 2. The molecule has 0 spiro atoms. The Kier molecular flexibility index (Phi) is 5.01. The Balaban J connectivity index is 2.14. The molecule has 0 bridgehead atoms. The lowest BCUT2D eigenvalue weighted by Gasteiger charge is -2.17. The van der Waals surface area contributed by atoms with Crippen molar-refractivity contribution in [3.63, 3.8) is 0 Å². The molecule has 0 saturated heterocycles. The van der Waals surface area contributed by atoms with Gasteiger partial charge >= 0.3 is 0 Å². The number of carbonyl (C=O) groups excluding carboxylic acids is 1. The molecule has 3 N–H and O–H groups in total. The third-order valence-electron chi connectivity index (χ3n) is 3.30. The number of carbonyl (C=O) groups is 1. The average molecular weight is 351 g/mol. The first kappa shape index (κ1) is 15.6. The van der Waals surface area contributed by atoms with Crippen LogP contribution < -0.4 is 5.73 Å². The van der Waals surface area contributed by atoms with E-state index >= 15 is 0 Å². The smallest absolute Gasteiger partial charge is 0.276 e. The number of rotatable bonds is 5. The number of aryl methyl sites for hydroxylation is 1. The minimum absolute atomic E-state index is 0.179. The second-order valence-electron chi connectivity index (χ2n) is 4.97. The topological polar surface area (TPSA) is 75.0 Å². The molecule has 6 heteroatoms. The van der Waals surface area contributed by atoms with Gasteiger partial charge in [-0.15, -0.1) is 0 Å². The van der Waals surface area contributed by atoms with Gasteiger partial charge in [0.05, 0.1) is 11.4 Å². The monoisotopic (exact) mass is 350 g/mol. The zero-order chi connectivity index (χ0) is 15.4. The molecule has 0 aliphatic carbocycles. The number of aromatic amines is 1. The van der Waals surface area contributed by atoms with Gasteiger partial charge in [-0.2, -0.15) is 5.10 Å². The molecule has 2 aromatic rings. The van der Waals surface area contributed by atoms with Crippen LogP contribution in [0.25, 0.3) is 0 Å². The lowest BCUT2D eigenvalue weighted by atomic mass is 10.2. The quantitative estimate of drug-likeness (QED) is 0.870. The highest BCUT2D eigenvalue weighted by atomic mass is 79.9. The molecular formula is C15H19BrN4O. The zero-order valence-corrected chi connectivity index (χ0v) is 13.8. The van der Waals surface area contributed by atoms with E-state index in [-0.39, 0.29) is 5.91 Å². The van der Waals surface area contributed by atoms with Crippen LogP contribution in [0.3, 0.4) is 0 Å². The van der Waals surface area contributed by atoms with E-state index in [1.54, 1.807) is 11.9 Å². The van der Waals surface area contributed by atoms with Crippen LogP contribution in [-0.2, 0) is 13.0 Å². The number of nitrogens with two attached hydrogens (primary N) is 1. The van der Waals surface area contributed by atoms with Crippen molar-refractivity contribution in [1.82, 2.24) is 15.1 Å². The number of H-pyrrole nitrogens is 1. The van der Waals surface area contributed by atoms with Gasteiger partial charge in [-0.05, 0) is 18.1 Å². The Labute approximate surface area is 132 Å². The Morgan fingerprint density at radius 1 is 1.43 bits per heavy atom. The number of aromatic nitrogens is 2. The van der Waals surface area contributed by atoms with Gasteiger partial charge in [-0.1, -0.05) is 47.5 Å². The molecular weight excluding hydrogens is 332 g/mol. The SMILES string of the molecule is CCCc1[nH]nc(C(=O)N(C)Cc2ccccc2Br)c1N. The summed E-state index contributed by atoms with van der Waals surface area (Å²) in [7, 11) is 1.75. The summed E-state index contributed by atoms with van der Waals surface area (Å²) in [6, 6.07) is 7.82. The number of hydrogen-bond acceptors (Lipinski definition) is 3. The fraction of sp³-hybridized carbons (Fsp3) is 0.333. The molecule has 1 heterocycles. The molecule has 1 aromatic heterocycles. The summed E-state index contributed by atoms with van der Waals surface area (Å²) in [5, 5.41) is 6.92. The number of halogens is 1. The van der Waals surface area contributed by atoms with Crippen LogP contribution in [-0.4, -0.2) is 28.1 Å². The van der Waals surface area contributed by atoms with Crippen molar-refractivity contribution in [2.75, 3.05) is 12.8 Å². The fourth-order valence-electron chi connectivity index (χ4n) is 2.13. The molecule has 1 aromatic carbocycles. The van der Waals surface area contributed by atoms with Crippen LogP contribution in [0.2, 0.25) is 0 Å². The van der Waals surface area contributed by atoms with Crippen LogP contribution in [0.15, 0.2) is 28.7 Å². The summed E-state index contributed by atoms with van der Waals surface area (Å²) in [5.41, 5.74) is 8.63. The van der Waals surface area contributed by atoms with Gasteiger partial charge in [-0.25, -0.2) is 0 Å². The molecule has 0 radical (unpaired) electrons. The zero-order valence-electron chi connectivity index (χ0n) is 12.2. The summed E-state index contributed by atoms with van der Waals surface area (Å²) in [6.07, 6.45) is 1.74. The van der Waals surface area contributed by atoms with Crippen LogP contribution in [0.5, 0.6) is 0 Å². The Morgan fingerprint density at radius 2 is 2.14 bits per heavy atom.